The molecule has 0 saturated heterocycles. The minimum atomic E-state index is -0.412. The number of aryl methyl sites for hydroxylation is 1. The van der Waals surface area contributed by atoms with Crippen molar-refractivity contribution in [1.82, 2.24) is 10.3 Å². The van der Waals surface area contributed by atoms with Gasteiger partial charge in [0.25, 0.3) is 5.91 Å². The highest BCUT2D eigenvalue weighted by atomic mass is 35.5. The van der Waals surface area contributed by atoms with Gasteiger partial charge in [0.2, 0.25) is 5.89 Å². The van der Waals surface area contributed by atoms with Gasteiger partial charge in [0.05, 0.1) is 15.6 Å². The summed E-state index contributed by atoms with van der Waals surface area (Å²) in [5.41, 5.74) is 3.82. The van der Waals surface area contributed by atoms with E-state index in [1.54, 1.807) is 36.4 Å². The lowest BCUT2D eigenvalue weighted by molar-refractivity contribution is 0.0982. The number of aromatic nitrogens is 1. The second kappa shape index (κ2) is 9.76. The highest BCUT2D eigenvalue weighted by molar-refractivity contribution is 7.80. The van der Waals surface area contributed by atoms with Crippen LogP contribution in [0.1, 0.15) is 22.2 Å². The van der Waals surface area contributed by atoms with E-state index in [4.69, 9.17) is 51.4 Å². The molecule has 2 N–H and O–H groups in total. The van der Waals surface area contributed by atoms with E-state index in [0.717, 1.165) is 22.0 Å². The minimum Gasteiger partial charge on any atom is -0.436 e. The fraction of sp³-hybridized carbons (Fsp3) is 0.0800. The number of hydrogen-bond acceptors (Lipinski definition) is 5. The maximum absolute atomic E-state index is 12.8. The molecule has 5 rings (SSSR count). The van der Waals surface area contributed by atoms with E-state index in [-0.39, 0.29) is 5.11 Å². The van der Waals surface area contributed by atoms with Gasteiger partial charge in [-0.1, -0.05) is 53.9 Å². The zero-order valence-electron chi connectivity index (χ0n) is 18.1. The van der Waals surface area contributed by atoms with Crippen molar-refractivity contribution in [2.45, 2.75) is 13.3 Å². The van der Waals surface area contributed by atoms with Gasteiger partial charge in [0.1, 0.15) is 10.4 Å². The number of carbonyl (C=O) groups excluding carboxylic acids is 1. The molecule has 176 valence electrons. The molecule has 0 bridgehead atoms. The predicted octanol–water partition coefficient (Wildman–Crippen LogP) is 8.36. The largest absolute Gasteiger partial charge is 0.436 e. The highest BCUT2D eigenvalue weighted by Gasteiger charge is 2.19. The van der Waals surface area contributed by atoms with Gasteiger partial charge in [-0.05, 0) is 66.7 Å². The van der Waals surface area contributed by atoms with Crippen LogP contribution in [0.3, 0.4) is 0 Å². The molecule has 0 saturated carbocycles. The zero-order chi connectivity index (χ0) is 24.7. The number of nitrogens with zero attached hydrogens (tertiary/aromatic N) is 1. The van der Waals surface area contributed by atoms with E-state index < -0.39 is 5.91 Å². The summed E-state index contributed by atoms with van der Waals surface area (Å²) >= 11 is 25.5. The van der Waals surface area contributed by atoms with Crippen LogP contribution < -0.4 is 10.6 Å². The van der Waals surface area contributed by atoms with Gasteiger partial charge in [-0.15, -0.1) is 11.3 Å². The van der Waals surface area contributed by atoms with Crippen molar-refractivity contribution in [2.24, 2.45) is 0 Å². The van der Waals surface area contributed by atoms with Gasteiger partial charge in [-0.25, -0.2) is 4.98 Å². The third-order valence-electron chi connectivity index (χ3n) is 5.34. The normalized spacial score (nSPS) is 11.2. The van der Waals surface area contributed by atoms with Gasteiger partial charge in [-0.2, -0.15) is 0 Å². The Morgan fingerprint density at radius 2 is 1.91 bits per heavy atom. The Hall–Kier alpha value is -2.68. The summed E-state index contributed by atoms with van der Waals surface area (Å²) in [5.74, 6) is -0.0164. The van der Waals surface area contributed by atoms with Gasteiger partial charge in [-0.3, -0.25) is 10.1 Å². The van der Waals surface area contributed by atoms with Gasteiger partial charge < -0.3 is 9.73 Å². The fourth-order valence-electron chi connectivity index (χ4n) is 3.58. The average Bonchev–Trinajstić information content (AvgIpc) is 3.40. The van der Waals surface area contributed by atoms with Crippen molar-refractivity contribution < 1.29 is 9.21 Å². The SMILES string of the molecule is CCc1ccc2oc(-c3cc(NC(=S)NC(=O)c4sc5cc(Cl)ccc5c4Cl)ccc3Cl)nc2c1. The Labute approximate surface area is 225 Å². The van der Waals surface area contributed by atoms with Gasteiger partial charge >= 0.3 is 0 Å². The molecular weight excluding hydrogens is 545 g/mol. The molecule has 2 heterocycles. The molecule has 5 aromatic rings. The lowest BCUT2D eigenvalue weighted by atomic mass is 10.1. The van der Waals surface area contributed by atoms with Crippen molar-refractivity contribution in [1.29, 1.82) is 0 Å². The molecule has 3 aromatic carbocycles. The summed E-state index contributed by atoms with van der Waals surface area (Å²) in [6.45, 7) is 2.08. The van der Waals surface area contributed by atoms with Crippen LogP contribution in [0, 0.1) is 0 Å². The van der Waals surface area contributed by atoms with E-state index in [1.165, 1.54) is 16.9 Å². The van der Waals surface area contributed by atoms with Crippen LogP contribution >= 0.6 is 58.4 Å². The monoisotopic (exact) mass is 559 g/mol. The van der Waals surface area contributed by atoms with E-state index in [1.807, 2.05) is 18.2 Å². The van der Waals surface area contributed by atoms with Crippen molar-refractivity contribution in [3.05, 3.63) is 80.1 Å². The topological polar surface area (TPSA) is 67.2 Å². The highest BCUT2D eigenvalue weighted by Crippen LogP contribution is 2.37. The van der Waals surface area contributed by atoms with Crippen LogP contribution in [0.4, 0.5) is 5.69 Å². The Balaban J connectivity index is 1.35. The van der Waals surface area contributed by atoms with Gasteiger partial charge in [0.15, 0.2) is 10.7 Å². The van der Waals surface area contributed by atoms with E-state index in [9.17, 15) is 4.79 Å². The van der Waals surface area contributed by atoms with E-state index >= 15 is 0 Å². The average molecular weight is 561 g/mol. The molecule has 0 aliphatic heterocycles. The predicted molar refractivity (Wildman–Crippen MR) is 149 cm³/mol. The number of thiocarbonyl (C=S) groups is 1. The summed E-state index contributed by atoms with van der Waals surface area (Å²) in [5, 5.41) is 7.96. The summed E-state index contributed by atoms with van der Waals surface area (Å²) in [4.78, 5) is 17.8. The molecule has 5 nitrogen and oxygen atoms in total. The molecule has 10 heteroatoms. The van der Waals surface area contributed by atoms with Crippen LogP contribution in [0.25, 0.3) is 32.6 Å². The summed E-state index contributed by atoms with van der Waals surface area (Å²) in [6.07, 6.45) is 0.905. The van der Waals surface area contributed by atoms with Crippen LogP contribution in [-0.2, 0) is 6.42 Å². The second-order valence-electron chi connectivity index (χ2n) is 7.66. The van der Waals surface area contributed by atoms with Crippen LogP contribution in [-0.4, -0.2) is 16.0 Å². The second-order valence-corrected chi connectivity index (χ2v) is 10.3. The van der Waals surface area contributed by atoms with Crippen molar-refractivity contribution >= 4 is 96.3 Å². The third-order valence-corrected chi connectivity index (χ3v) is 7.76. The molecule has 0 atom stereocenters. The maximum atomic E-state index is 12.8. The van der Waals surface area contributed by atoms with Crippen LogP contribution in [0.2, 0.25) is 15.1 Å². The minimum absolute atomic E-state index is 0.111. The number of carbonyl (C=O) groups is 1. The molecule has 1 amide bonds. The van der Waals surface area contributed by atoms with Crippen molar-refractivity contribution in [2.75, 3.05) is 5.32 Å². The Morgan fingerprint density at radius 3 is 2.71 bits per heavy atom. The maximum Gasteiger partial charge on any atom is 0.269 e. The number of amides is 1. The molecule has 35 heavy (non-hydrogen) atoms. The Morgan fingerprint density at radius 1 is 1.09 bits per heavy atom. The number of anilines is 1. The fourth-order valence-corrected chi connectivity index (χ4v) is 5.68. The lowest BCUT2D eigenvalue weighted by Gasteiger charge is -2.10. The standard InChI is InChI=1S/C25H16Cl3N3O2S2/c1-2-12-3-8-19-18(9-12)30-24(33-19)16-11-14(5-7-17(16)27)29-25(34)31-23(32)22-21(28)15-6-4-13(26)10-20(15)35-22/h3-11H,2H2,1H3,(H2,29,31,32,34). The van der Waals surface area contributed by atoms with Crippen molar-refractivity contribution in [3.63, 3.8) is 0 Å². The van der Waals surface area contributed by atoms with Crippen LogP contribution in [0.5, 0.6) is 0 Å². The van der Waals surface area contributed by atoms with E-state index in [0.29, 0.717) is 42.7 Å². The Kier molecular flexibility index (Phi) is 6.70. The summed E-state index contributed by atoms with van der Waals surface area (Å²) in [6, 6.07) is 16.4. The van der Waals surface area contributed by atoms with Crippen LogP contribution in [0.15, 0.2) is 59.0 Å². The number of hydrogen-bond donors (Lipinski definition) is 2. The summed E-state index contributed by atoms with van der Waals surface area (Å²) < 4.78 is 6.74. The molecule has 0 spiro atoms. The molecule has 0 radical (unpaired) electrons. The number of benzene rings is 3. The number of halogens is 3. The number of thiophene rings is 1. The third kappa shape index (κ3) is 4.87. The first-order chi connectivity index (χ1) is 16.8. The number of nitrogens with one attached hydrogen (secondary N) is 2. The Bertz CT molecular complexity index is 1630. The first-order valence-electron chi connectivity index (χ1n) is 10.5. The molecular formula is C25H16Cl3N3O2S2. The smallest absolute Gasteiger partial charge is 0.269 e. The molecule has 0 fully saturated rings. The quantitative estimate of drug-likeness (QED) is 0.216. The van der Waals surface area contributed by atoms with E-state index in [2.05, 4.69) is 22.5 Å². The molecule has 0 aliphatic carbocycles. The number of fused-ring (bicyclic) bond motifs is 2. The first kappa shape index (κ1) is 24.0. The number of rotatable bonds is 4. The molecule has 0 unspecified atom stereocenters. The lowest BCUT2D eigenvalue weighted by Crippen LogP contribution is -2.33. The van der Waals surface area contributed by atoms with Gasteiger partial charge in [0, 0.05) is 20.8 Å². The molecule has 2 aromatic heterocycles. The first-order valence-corrected chi connectivity index (χ1v) is 12.9. The number of oxazole rings is 1. The summed E-state index contributed by atoms with van der Waals surface area (Å²) in [7, 11) is 0. The zero-order valence-corrected chi connectivity index (χ0v) is 22.0. The van der Waals surface area contributed by atoms with Crippen molar-refractivity contribution in [3.8, 4) is 11.5 Å². The molecule has 0 aliphatic rings.